The Hall–Kier alpha value is -5.05. The zero-order valence-corrected chi connectivity index (χ0v) is 19.8. The molecule has 1 aliphatic carbocycles. The van der Waals surface area contributed by atoms with Crippen LogP contribution in [0.5, 0.6) is 0 Å². The Bertz CT molecular complexity index is 1810. The number of Topliss-reactive ketones (excluding diaryl/α,β-unsaturated/α-hetero) is 1. The molecule has 2 aromatic carbocycles. The Labute approximate surface area is 210 Å². The van der Waals surface area contributed by atoms with Gasteiger partial charge in [-0.2, -0.15) is 10.5 Å². The van der Waals surface area contributed by atoms with Crippen LogP contribution in [0.1, 0.15) is 21.6 Å². The van der Waals surface area contributed by atoms with E-state index in [0.29, 0.717) is 28.0 Å². The van der Waals surface area contributed by atoms with Gasteiger partial charge in [0.2, 0.25) is 0 Å². The number of carbonyl (C=O) groups is 1. The predicted molar refractivity (Wildman–Crippen MR) is 138 cm³/mol. The molecule has 3 heterocycles. The minimum Gasteiger partial charge on any atom is -0.324 e. The van der Waals surface area contributed by atoms with Gasteiger partial charge in [-0.25, -0.2) is 9.97 Å². The van der Waals surface area contributed by atoms with Crippen LogP contribution >= 0.6 is 11.3 Å². The average Bonchev–Trinajstić information content (AvgIpc) is 3.67. The second kappa shape index (κ2) is 8.31. The van der Waals surface area contributed by atoms with Gasteiger partial charge in [-0.3, -0.25) is 9.36 Å². The summed E-state index contributed by atoms with van der Waals surface area (Å²) in [4.78, 5) is 22.8. The molecule has 36 heavy (non-hydrogen) atoms. The molecule has 0 saturated carbocycles. The topological polar surface area (TPSA) is 100 Å². The van der Waals surface area contributed by atoms with Crippen LogP contribution in [0.15, 0.2) is 83.4 Å². The van der Waals surface area contributed by atoms with Crippen molar-refractivity contribution in [3.8, 4) is 28.7 Å². The quantitative estimate of drug-likeness (QED) is 0.246. The lowest BCUT2D eigenvalue weighted by atomic mass is 9.99. The highest BCUT2D eigenvalue weighted by molar-refractivity contribution is 7.13. The van der Waals surface area contributed by atoms with Gasteiger partial charge < -0.3 is 4.57 Å². The van der Waals surface area contributed by atoms with E-state index in [2.05, 4.69) is 4.98 Å². The summed E-state index contributed by atoms with van der Waals surface area (Å²) in [5, 5.41) is 22.0. The number of nitrogens with zero attached hydrogens (tertiary/aromatic N) is 6. The summed E-state index contributed by atoms with van der Waals surface area (Å²) in [5.41, 5.74) is 4.83. The van der Waals surface area contributed by atoms with Crippen molar-refractivity contribution in [2.45, 2.75) is 0 Å². The molecule has 0 unspecified atom stereocenters. The zero-order valence-electron chi connectivity index (χ0n) is 19.0. The first-order chi connectivity index (χ1) is 17.6. The Morgan fingerprint density at radius 2 is 1.75 bits per heavy atom. The first-order valence-electron chi connectivity index (χ1n) is 11.1. The van der Waals surface area contributed by atoms with Crippen molar-refractivity contribution < 1.29 is 4.79 Å². The van der Waals surface area contributed by atoms with Gasteiger partial charge in [0.15, 0.2) is 22.3 Å². The molecule has 6 rings (SSSR count). The maximum atomic E-state index is 13.5. The summed E-state index contributed by atoms with van der Waals surface area (Å²) < 4.78 is 3.96. The van der Waals surface area contributed by atoms with Crippen molar-refractivity contribution in [1.29, 1.82) is 10.5 Å². The monoisotopic (exact) mass is 484 g/mol. The predicted octanol–water partition coefficient (Wildman–Crippen LogP) is 5.57. The highest BCUT2D eigenvalue weighted by Crippen LogP contribution is 2.40. The molecule has 8 heteroatoms. The number of benzene rings is 2. The molecule has 0 spiro atoms. The number of thiazole rings is 1. The molecule has 0 aliphatic heterocycles. The maximum Gasteiger partial charge on any atom is 0.194 e. The molecule has 0 atom stereocenters. The van der Waals surface area contributed by atoms with Gasteiger partial charge in [0.05, 0.1) is 11.2 Å². The fourth-order valence-corrected chi connectivity index (χ4v) is 5.28. The van der Waals surface area contributed by atoms with Crippen LogP contribution in [0.25, 0.3) is 39.3 Å². The summed E-state index contributed by atoms with van der Waals surface area (Å²) in [6, 6.07) is 22.7. The number of hydrogen-bond donors (Lipinski definition) is 0. The Morgan fingerprint density at radius 3 is 2.44 bits per heavy atom. The second-order valence-corrected chi connectivity index (χ2v) is 9.08. The van der Waals surface area contributed by atoms with Crippen LogP contribution in [-0.4, -0.2) is 24.9 Å². The number of nitriles is 2. The standard InChI is InChI=1S/C28H16N6OS/c1-33-23-14-19(13-22-24(17(15-29)16-30)20-9-5-6-10-21(20)25(22)35)34(18-7-3-2-4-8-18)26(23)32-27(33)28-31-11-12-36-28/h2-14H,1H3/b22-13-. The van der Waals surface area contributed by atoms with Gasteiger partial charge >= 0.3 is 0 Å². The van der Waals surface area contributed by atoms with E-state index in [1.54, 1.807) is 36.5 Å². The van der Waals surface area contributed by atoms with Gasteiger partial charge in [-0.05, 0) is 29.8 Å². The molecule has 0 radical (unpaired) electrons. The van der Waals surface area contributed by atoms with Gasteiger partial charge in [-0.15, -0.1) is 11.3 Å². The zero-order chi connectivity index (χ0) is 24.8. The highest BCUT2D eigenvalue weighted by Gasteiger charge is 2.33. The lowest BCUT2D eigenvalue weighted by molar-refractivity contribution is 0.104. The number of aryl methyl sites for hydroxylation is 1. The third-order valence-corrected chi connectivity index (χ3v) is 7.00. The van der Waals surface area contributed by atoms with Gasteiger partial charge in [-0.1, -0.05) is 42.5 Å². The lowest BCUT2D eigenvalue weighted by Crippen LogP contribution is -2.01. The average molecular weight is 485 g/mol. The van der Waals surface area contributed by atoms with Crippen molar-refractivity contribution in [3.05, 3.63) is 100 Å². The Balaban J connectivity index is 1.65. The number of ketones is 1. The minimum atomic E-state index is -0.218. The number of para-hydroxylation sites is 1. The molecule has 0 fully saturated rings. The molecule has 7 nitrogen and oxygen atoms in total. The molecule has 0 saturated heterocycles. The molecule has 0 bridgehead atoms. The number of fused-ring (bicyclic) bond motifs is 2. The highest BCUT2D eigenvalue weighted by atomic mass is 32.1. The van der Waals surface area contributed by atoms with Crippen LogP contribution in [0, 0.1) is 22.7 Å². The molecule has 0 N–H and O–H groups in total. The SMILES string of the molecule is Cn1c(-c2nccs2)nc2c1cc(/C=C1\C(=O)c3ccccc3C1=C(C#N)C#N)n2-c1ccccc1. The molecule has 0 amide bonds. The van der Waals surface area contributed by atoms with Crippen LogP contribution in [-0.2, 0) is 7.05 Å². The largest absolute Gasteiger partial charge is 0.324 e. The Kier molecular flexibility index (Phi) is 4.96. The Morgan fingerprint density at radius 1 is 1.03 bits per heavy atom. The van der Waals surface area contributed by atoms with E-state index in [9.17, 15) is 15.3 Å². The van der Waals surface area contributed by atoms with Crippen molar-refractivity contribution in [1.82, 2.24) is 19.1 Å². The van der Waals surface area contributed by atoms with E-state index in [-0.39, 0.29) is 11.4 Å². The number of imidazole rings is 1. The summed E-state index contributed by atoms with van der Waals surface area (Å²) in [7, 11) is 1.93. The summed E-state index contributed by atoms with van der Waals surface area (Å²) >= 11 is 1.51. The first kappa shape index (κ1) is 21.5. The second-order valence-electron chi connectivity index (χ2n) is 8.19. The molecule has 1 aliphatic rings. The third kappa shape index (κ3) is 3.13. The van der Waals surface area contributed by atoms with E-state index in [1.807, 2.05) is 70.1 Å². The molecule has 170 valence electrons. The van der Waals surface area contributed by atoms with Crippen LogP contribution in [0.3, 0.4) is 0 Å². The molecular weight excluding hydrogens is 468 g/mol. The van der Waals surface area contributed by atoms with Crippen LogP contribution in [0.4, 0.5) is 0 Å². The molecule has 5 aromatic rings. The van der Waals surface area contributed by atoms with E-state index in [4.69, 9.17) is 4.98 Å². The summed E-state index contributed by atoms with van der Waals surface area (Å²) in [5.74, 6) is 0.532. The maximum absolute atomic E-state index is 13.5. The number of carbonyl (C=O) groups excluding carboxylic acids is 1. The number of aromatic nitrogens is 4. The van der Waals surface area contributed by atoms with E-state index >= 15 is 0 Å². The number of allylic oxidation sites excluding steroid dienone is 3. The van der Waals surface area contributed by atoms with Crippen molar-refractivity contribution in [2.75, 3.05) is 0 Å². The van der Waals surface area contributed by atoms with Crippen molar-refractivity contribution >= 4 is 39.9 Å². The summed E-state index contributed by atoms with van der Waals surface area (Å²) in [6.45, 7) is 0. The van der Waals surface area contributed by atoms with Crippen LogP contribution in [0.2, 0.25) is 0 Å². The van der Waals surface area contributed by atoms with Crippen LogP contribution < -0.4 is 0 Å². The third-order valence-electron chi connectivity index (χ3n) is 6.23. The van der Waals surface area contributed by atoms with Gasteiger partial charge in [0.1, 0.15) is 17.7 Å². The minimum absolute atomic E-state index is 0.0916. The van der Waals surface area contributed by atoms with E-state index < -0.39 is 0 Å². The van der Waals surface area contributed by atoms with Gasteiger partial charge in [0.25, 0.3) is 0 Å². The molecular formula is C28H16N6OS. The normalized spacial score (nSPS) is 13.7. The van der Waals surface area contributed by atoms with E-state index in [1.165, 1.54) is 11.3 Å². The van der Waals surface area contributed by atoms with E-state index in [0.717, 1.165) is 27.7 Å². The van der Waals surface area contributed by atoms with Gasteiger partial charge in [0, 0.05) is 41.0 Å². The fourth-order valence-electron chi connectivity index (χ4n) is 4.62. The number of rotatable bonds is 3. The van der Waals surface area contributed by atoms with Crippen molar-refractivity contribution in [2.24, 2.45) is 7.05 Å². The number of hydrogen-bond acceptors (Lipinski definition) is 6. The fraction of sp³-hybridized carbons (Fsp3) is 0.0357. The van der Waals surface area contributed by atoms with Crippen molar-refractivity contribution in [3.63, 3.8) is 0 Å². The smallest absolute Gasteiger partial charge is 0.194 e. The summed E-state index contributed by atoms with van der Waals surface area (Å²) in [6.07, 6.45) is 3.50. The molecule has 3 aromatic heterocycles. The first-order valence-corrected chi connectivity index (χ1v) is 11.9. The lowest BCUT2D eigenvalue weighted by Gasteiger charge is -2.08.